The maximum Gasteiger partial charge on any atom is 0.356 e. The maximum atomic E-state index is 10.7. The van der Waals surface area contributed by atoms with Crippen LogP contribution in [0.25, 0.3) is 5.69 Å². The minimum absolute atomic E-state index is 0.0937. The number of hydrogen-bond acceptors (Lipinski definition) is 6. The summed E-state index contributed by atoms with van der Waals surface area (Å²) < 4.78 is 6.86. The van der Waals surface area contributed by atoms with Gasteiger partial charge in [0.25, 0.3) is 0 Å². The zero-order valence-electron chi connectivity index (χ0n) is 10.6. The highest BCUT2D eigenvalue weighted by Crippen LogP contribution is 2.15. The summed E-state index contributed by atoms with van der Waals surface area (Å²) in [6.45, 7) is 0. The second-order valence-electron chi connectivity index (χ2n) is 3.97. The number of carboxylic acids is 1. The molecule has 0 aliphatic heterocycles. The number of aromatic nitrogens is 5. The minimum Gasteiger partial charge on any atom is -0.476 e. The van der Waals surface area contributed by atoms with E-state index >= 15 is 0 Å². The van der Waals surface area contributed by atoms with Gasteiger partial charge in [-0.1, -0.05) is 18.2 Å². The molecule has 2 heterocycles. The summed E-state index contributed by atoms with van der Waals surface area (Å²) in [4.78, 5) is 14.7. The molecule has 1 N–H and O–H groups in total. The monoisotopic (exact) mass is 283 g/mol. The molecule has 0 fully saturated rings. The van der Waals surface area contributed by atoms with Crippen molar-refractivity contribution in [2.24, 2.45) is 0 Å². The van der Waals surface area contributed by atoms with Crippen LogP contribution in [-0.4, -0.2) is 36.0 Å². The van der Waals surface area contributed by atoms with Crippen LogP contribution < -0.4 is 4.74 Å². The Morgan fingerprint density at radius 2 is 1.90 bits per heavy atom. The van der Waals surface area contributed by atoms with Crippen molar-refractivity contribution < 1.29 is 14.6 Å². The zero-order chi connectivity index (χ0) is 14.7. The van der Waals surface area contributed by atoms with Crippen LogP contribution in [0.1, 0.15) is 10.5 Å². The number of aromatic carboxylic acids is 1. The summed E-state index contributed by atoms with van der Waals surface area (Å²) >= 11 is 0. The van der Waals surface area contributed by atoms with Gasteiger partial charge in [0, 0.05) is 6.07 Å². The lowest BCUT2D eigenvalue weighted by Gasteiger charge is -1.99. The minimum atomic E-state index is -1.15. The standard InChI is InChI=1S/C13H9N5O3/c19-12(20)10-6-7-11(16-15-10)21-13-14-8-18(17-13)9-4-2-1-3-5-9/h1-8H,(H,19,20). The number of carboxylic acid groups (broad SMARTS) is 1. The first-order valence-corrected chi connectivity index (χ1v) is 5.94. The van der Waals surface area contributed by atoms with Crippen molar-refractivity contribution in [3.63, 3.8) is 0 Å². The molecule has 0 aliphatic rings. The molecule has 0 unspecified atom stereocenters. The third kappa shape index (κ3) is 2.84. The van der Waals surface area contributed by atoms with Crippen molar-refractivity contribution >= 4 is 5.97 Å². The van der Waals surface area contributed by atoms with Gasteiger partial charge in [0.1, 0.15) is 6.33 Å². The molecule has 0 saturated heterocycles. The predicted molar refractivity (Wildman–Crippen MR) is 70.4 cm³/mol. The summed E-state index contributed by atoms with van der Waals surface area (Å²) in [5, 5.41) is 20.0. The van der Waals surface area contributed by atoms with Crippen LogP contribution in [0.2, 0.25) is 0 Å². The fourth-order valence-corrected chi connectivity index (χ4v) is 1.58. The zero-order valence-corrected chi connectivity index (χ0v) is 10.6. The van der Waals surface area contributed by atoms with E-state index in [4.69, 9.17) is 9.84 Å². The number of benzene rings is 1. The molecule has 0 bridgehead atoms. The molecule has 3 aromatic rings. The van der Waals surface area contributed by atoms with Crippen molar-refractivity contribution in [3.05, 3.63) is 54.5 Å². The topological polar surface area (TPSA) is 103 Å². The van der Waals surface area contributed by atoms with Gasteiger partial charge >= 0.3 is 12.0 Å². The quantitative estimate of drug-likeness (QED) is 0.774. The van der Waals surface area contributed by atoms with E-state index in [2.05, 4.69) is 20.3 Å². The number of ether oxygens (including phenoxy) is 1. The Hall–Kier alpha value is -3.29. The van der Waals surface area contributed by atoms with Crippen LogP contribution in [0.3, 0.4) is 0 Å². The van der Waals surface area contributed by atoms with Gasteiger partial charge in [-0.05, 0) is 18.2 Å². The SMILES string of the molecule is O=C(O)c1ccc(Oc2ncn(-c3ccccc3)n2)nn1. The van der Waals surface area contributed by atoms with Gasteiger partial charge < -0.3 is 9.84 Å². The van der Waals surface area contributed by atoms with Gasteiger partial charge in [0.05, 0.1) is 5.69 Å². The van der Waals surface area contributed by atoms with E-state index in [-0.39, 0.29) is 17.6 Å². The van der Waals surface area contributed by atoms with Crippen molar-refractivity contribution in [3.8, 4) is 17.6 Å². The number of rotatable bonds is 4. The van der Waals surface area contributed by atoms with Gasteiger partial charge in [0.2, 0.25) is 5.88 Å². The molecule has 1 aromatic carbocycles. The molecule has 0 aliphatic carbocycles. The van der Waals surface area contributed by atoms with E-state index in [1.807, 2.05) is 30.3 Å². The molecule has 0 saturated carbocycles. The summed E-state index contributed by atoms with van der Waals surface area (Å²) in [6, 6.07) is 12.2. The molecule has 104 valence electrons. The molecule has 0 amide bonds. The van der Waals surface area contributed by atoms with Gasteiger partial charge in [-0.25, -0.2) is 9.48 Å². The van der Waals surface area contributed by atoms with Gasteiger partial charge in [0.15, 0.2) is 5.69 Å². The Kier molecular flexibility index (Phi) is 3.26. The van der Waals surface area contributed by atoms with Gasteiger partial charge in [-0.2, -0.15) is 4.98 Å². The van der Waals surface area contributed by atoms with E-state index < -0.39 is 5.97 Å². The van der Waals surface area contributed by atoms with E-state index in [0.717, 1.165) is 5.69 Å². The smallest absolute Gasteiger partial charge is 0.356 e. The van der Waals surface area contributed by atoms with E-state index in [1.54, 1.807) is 4.68 Å². The van der Waals surface area contributed by atoms with Crippen LogP contribution >= 0.6 is 0 Å². The van der Waals surface area contributed by atoms with Crippen molar-refractivity contribution in [2.45, 2.75) is 0 Å². The van der Waals surface area contributed by atoms with Crippen LogP contribution in [0.5, 0.6) is 11.9 Å². The highest BCUT2D eigenvalue weighted by molar-refractivity contribution is 5.84. The molecule has 0 atom stereocenters. The molecular formula is C13H9N5O3. The van der Waals surface area contributed by atoms with Crippen LogP contribution in [0.15, 0.2) is 48.8 Å². The van der Waals surface area contributed by atoms with Crippen molar-refractivity contribution in [1.29, 1.82) is 0 Å². The fraction of sp³-hybridized carbons (Fsp3) is 0. The molecule has 21 heavy (non-hydrogen) atoms. The summed E-state index contributed by atoms with van der Waals surface area (Å²) in [7, 11) is 0. The largest absolute Gasteiger partial charge is 0.476 e. The molecule has 8 heteroatoms. The second-order valence-corrected chi connectivity index (χ2v) is 3.97. The molecule has 0 spiro atoms. The van der Waals surface area contributed by atoms with Crippen LogP contribution in [0.4, 0.5) is 0 Å². The van der Waals surface area contributed by atoms with E-state index in [0.29, 0.717) is 0 Å². The Morgan fingerprint density at radius 3 is 2.57 bits per heavy atom. The molecule has 8 nitrogen and oxygen atoms in total. The molecule has 2 aromatic heterocycles. The first kappa shape index (κ1) is 12.7. The first-order chi connectivity index (χ1) is 10.2. The highest BCUT2D eigenvalue weighted by atomic mass is 16.5. The fourth-order valence-electron chi connectivity index (χ4n) is 1.58. The molecule has 3 rings (SSSR count). The number of nitrogens with zero attached hydrogens (tertiary/aromatic N) is 5. The Labute approximate surface area is 118 Å². The third-order valence-corrected chi connectivity index (χ3v) is 2.55. The average molecular weight is 283 g/mol. The van der Waals surface area contributed by atoms with E-state index in [1.165, 1.54) is 18.5 Å². The first-order valence-electron chi connectivity index (χ1n) is 5.94. The molecular weight excluding hydrogens is 274 g/mol. The normalized spacial score (nSPS) is 10.3. The van der Waals surface area contributed by atoms with Crippen molar-refractivity contribution in [1.82, 2.24) is 25.0 Å². The highest BCUT2D eigenvalue weighted by Gasteiger charge is 2.09. The summed E-state index contributed by atoms with van der Waals surface area (Å²) in [5.74, 6) is -1.04. The van der Waals surface area contributed by atoms with E-state index in [9.17, 15) is 4.79 Å². The average Bonchev–Trinajstić information content (AvgIpc) is 2.97. The Balaban J connectivity index is 1.77. The van der Waals surface area contributed by atoms with Crippen LogP contribution in [0, 0.1) is 0 Å². The summed E-state index contributed by atoms with van der Waals surface area (Å²) in [5.41, 5.74) is 0.678. The number of para-hydroxylation sites is 1. The van der Waals surface area contributed by atoms with Gasteiger partial charge in [-0.3, -0.25) is 0 Å². The Morgan fingerprint density at radius 1 is 1.10 bits per heavy atom. The molecule has 0 radical (unpaired) electrons. The second kappa shape index (κ2) is 5.37. The van der Waals surface area contributed by atoms with Crippen LogP contribution in [-0.2, 0) is 0 Å². The predicted octanol–water partition coefficient (Wildman–Crippen LogP) is 1.55. The van der Waals surface area contributed by atoms with Gasteiger partial charge in [-0.15, -0.1) is 15.3 Å². The summed E-state index contributed by atoms with van der Waals surface area (Å²) in [6.07, 6.45) is 1.50. The Bertz CT molecular complexity index is 755. The third-order valence-electron chi connectivity index (χ3n) is 2.55. The number of hydrogen-bond donors (Lipinski definition) is 1. The lowest BCUT2D eigenvalue weighted by atomic mass is 10.3. The van der Waals surface area contributed by atoms with Crippen molar-refractivity contribution in [2.75, 3.05) is 0 Å². The lowest BCUT2D eigenvalue weighted by molar-refractivity contribution is 0.0689. The lowest BCUT2D eigenvalue weighted by Crippen LogP contribution is -2.02. The number of carbonyl (C=O) groups is 1. The maximum absolute atomic E-state index is 10.7.